The van der Waals surface area contributed by atoms with Gasteiger partial charge in [-0.05, 0) is 36.8 Å². The van der Waals surface area contributed by atoms with E-state index < -0.39 is 0 Å². The van der Waals surface area contributed by atoms with Crippen molar-refractivity contribution < 1.29 is 0 Å². The lowest BCUT2D eigenvalue weighted by atomic mass is 10.2. The molecule has 0 fully saturated rings. The molecule has 2 aromatic carbocycles. The molecule has 0 aliphatic heterocycles. The first kappa shape index (κ1) is 11.3. The lowest BCUT2D eigenvalue weighted by molar-refractivity contribution is 1.11. The van der Waals surface area contributed by atoms with Crippen LogP contribution in [-0.2, 0) is 0 Å². The van der Waals surface area contributed by atoms with E-state index in [2.05, 4.69) is 20.9 Å². The second-order valence-corrected chi connectivity index (χ2v) is 5.14. The van der Waals surface area contributed by atoms with Crippen LogP contribution in [0.3, 0.4) is 0 Å². The fourth-order valence-corrected chi connectivity index (χ4v) is 2.53. The molecule has 0 aliphatic carbocycles. The SMILES string of the molecule is Cc1cccc2c1nc(N)n2-c1cccc(Br)c1. The summed E-state index contributed by atoms with van der Waals surface area (Å²) in [5.41, 5.74) is 10.2. The predicted molar refractivity (Wildman–Crippen MR) is 77.9 cm³/mol. The molecule has 0 atom stereocenters. The molecule has 0 unspecified atom stereocenters. The summed E-state index contributed by atoms with van der Waals surface area (Å²) in [6, 6.07) is 14.1. The van der Waals surface area contributed by atoms with Gasteiger partial charge in [-0.15, -0.1) is 0 Å². The summed E-state index contributed by atoms with van der Waals surface area (Å²) in [6.45, 7) is 2.04. The molecule has 0 radical (unpaired) electrons. The first-order chi connectivity index (χ1) is 8.66. The quantitative estimate of drug-likeness (QED) is 0.745. The van der Waals surface area contributed by atoms with Crippen LogP contribution in [0, 0.1) is 6.92 Å². The van der Waals surface area contributed by atoms with Crippen LogP contribution >= 0.6 is 15.9 Å². The number of hydrogen-bond acceptors (Lipinski definition) is 2. The van der Waals surface area contributed by atoms with Gasteiger partial charge in [0.2, 0.25) is 5.95 Å². The number of nitrogens with zero attached hydrogens (tertiary/aromatic N) is 2. The van der Waals surface area contributed by atoms with Gasteiger partial charge in [-0.25, -0.2) is 4.98 Å². The molecule has 0 saturated heterocycles. The van der Waals surface area contributed by atoms with Crippen molar-refractivity contribution in [2.24, 2.45) is 0 Å². The van der Waals surface area contributed by atoms with Gasteiger partial charge in [0.15, 0.2) is 0 Å². The Morgan fingerprint density at radius 1 is 1.17 bits per heavy atom. The predicted octanol–water partition coefficient (Wildman–Crippen LogP) is 3.68. The van der Waals surface area contributed by atoms with Gasteiger partial charge in [0.1, 0.15) is 0 Å². The molecule has 0 spiro atoms. The van der Waals surface area contributed by atoms with E-state index in [1.807, 2.05) is 54.0 Å². The van der Waals surface area contributed by atoms with Crippen LogP contribution in [0.15, 0.2) is 46.9 Å². The van der Waals surface area contributed by atoms with Crippen LogP contribution in [0.2, 0.25) is 0 Å². The van der Waals surface area contributed by atoms with Gasteiger partial charge in [0.05, 0.1) is 16.7 Å². The average molecular weight is 302 g/mol. The Balaban J connectivity index is 2.36. The van der Waals surface area contributed by atoms with E-state index in [1.54, 1.807) is 0 Å². The number of halogens is 1. The fourth-order valence-electron chi connectivity index (χ4n) is 2.14. The Labute approximate surface area is 113 Å². The first-order valence-corrected chi connectivity index (χ1v) is 6.45. The van der Waals surface area contributed by atoms with E-state index in [0.717, 1.165) is 26.8 Å². The maximum atomic E-state index is 6.04. The highest BCUT2D eigenvalue weighted by Crippen LogP contribution is 2.26. The molecular weight excluding hydrogens is 290 g/mol. The topological polar surface area (TPSA) is 43.8 Å². The van der Waals surface area contributed by atoms with Crippen molar-refractivity contribution in [2.75, 3.05) is 5.73 Å². The zero-order chi connectivity index (χ0) is 12.7. The smallest absolute Gasteiger partial charge is 0.205 e. The molecule has 4 heteroatoms. The molecule has 1 heterocycles. The van der Waals surface area contributed by atoms with Gasteiger partial charge in [-0.3, -0.25) is 4.57 Å². The molecule has 1 aromatic heterocycles. The summed E-state index contributed by atoms with van der Waals surface area (Å²) in [6.07, 6.45) is 0. The van der Waals surface area contributed by atoms with E-state index in [9.17, 15) is 0 Å². The standard InChI is InChI=1S/C14H12BrN3/c1-9-4-2-7-12-13(9)17-14(16)18(12)11-6-3-5-10(15)8-11/h2-8H,1H3,(H2,16,17). The van der Waals surface area contributed by atoms with E-state index in [0.29, 0.717) is 5.95 Å². The van der Waals surface area contributed by atoms with Gasteiger partial charge >= 0.3 is 0 Å². The normalized spacial score (nSPS) is 11.0. The zero-order valence-corrected chi connectivity index (χ0v) is 11.5. The Hall–Kier alpha value is -1.81. The molecule has 0 amide bonds. The maximum Gasteiger partial charge on any atom is 0.205 e. The minimum absolute atomic E-state index is 0.511. The van der Waals surface area contributed by atoms with E-state index >= 15 is 0 Å². The third-order valence-corrected chi connectivity index (χ3v) is 3.47. The fraction of sp³-hybridized carbons (Fsp3) is 0.0714. The van der Waals surface area contributed by atoms with Crippen LogP contribution in [0.4, 0.5) is 5.95 Å². The molecule has 3 aromatic rings. The van der Waals surface area contributed by atoms with Crippen molar-refractivity contribution in [3.63, 3.8) is 0 Å². The molecule has 0 aliphatic rings. The number of anilines is 1. The van der Waals surface area contributed by atoms with Gasteiger partial charge in [-0.2, -0.15) is 0 Å². The van der Waals surface area contributed by atoms with E-state index in [4.69, 9.17) is 5.73 Å². The van der Waals surface area contributed by atoms with Crippen molar-refractivity contribution in [3.8, 4) is 5.69 Å². The van der Waals surface area contributed by atoms with Crippen molar-refractivity contribution in [1.29, 1.82) is 0 Å². The molecular formula is C14H12BrN3. The number of aromatic nitrogens is 2. The molecule has 18 heavy (non-hydrogen) atoms. The van der Waals surface area contributed by atoms with Gasteiger partial charge in [0, 0.05) is 4.47 Å². The minimum atomic E-state index is 0.511. The Morgan fingerprint density at radius 3 is 2.72 bits per heavy atom. The van der Waals surface area contributed by atoms with Crippen LogP contribution in [0.1, 0.15) is 5.56 Å². The van der Waals surface area contributed by atoms with Crippen molar-refractivity contribution in [2.45, 2.75) is 6.92 Å². The number of benzene rings is 2. The van der Waals surface area contributed by atoms with Gasteiger partial charge in [-0.1, -0.05) is 34.1 Å². The molecule has 0 bridgehead atoms. The zero-order valence-electron chi connectivity index (χ0n) is 9.89. The second kappa shape index (κ2) is 4.14. The van der Waals surface area contributed by atoms with Crippen LogP contribution in [-0.4, -0.2) is 9.55 Å². The average Bonchev–Trinajstić information content (AvgIpc) is 2.67. The number of imidazole rings is 1. The van der Waals surface area contributed by atoms with Crippen LogP contribution in [0.5, 0.6) is 0 Å². The Morgan fingerprint density at radius 2 is 1.94 bits per heavy atom. The monoisotopic (exact) mass is 301 g/mol. The number of nitrogens with two attached hydrogens (primary N) is 1. The second-order valence-electron chi connectivity index (χ2n) is 4.23. The summed E-state index contributed by atoms with van der Waals surface area (Å²) in [5.74, 6) is 0.511. The Bertz CT molecular complexity index is 731. The maximum absolute atomic E-state index is 6.04. The highest BCUT2D eigenvalue weighted by Gasteiger charge is 2.11. The number of rotatable bonds is 1. The molecule has 2 N–H and O–H groups in total. The largest absolute Gasteiger partial charge is 0.369 e. The van der Waals surface area contributed by atoms with Crippen LogP contribution in [0.25, 0.3) is 16.7 Å². The van der Waals surface area contributed by atoms with Crippen LogP contribution < -0.4 is 5.73 Å². The number of fused-ring (bicyclic) bond motifs is 1. The number of nitrogen functional groups attached to an aromatic ring is 1. The highest BCUT2D eigenvalue weighted by molar-refractivity contribution is 9.10. The summed E-state index contributed by atoms with van der Waals surface area (Å²) in [4.78, 5) is 4.44. The van der Waals surface area contributed by atoms with Crippen molar-refractivity contribution in [3.05, 3.63) is 52.5 Å². The lowest BCUT2D eigenvalue weighted by Crippen LogP contribution is -2.00. The summed E-state index contributed by atoms with van der Waals surface area (Å²) in [5, 5.41) is 0. The summed E-state index contributed by atoms with van der Waals surface area (Å²) in [7, 11) is 0. The molecule has 3 rings (SSSR count). The summed E-state index contributed by atoms with van der Waals surface area (Å²) >= 11 is 3.48. The number of para-hydroxylation sites is 1. The number of hydrogen-bond donors (Lipinski definition) is 1. The van der Waals surface area contributed by atoms with E-state index in [-0.39, 0.29) is 0 Å². The lowest BCUT2D eigenvalue weighted by Gasteiger charge is -2.06. The first-order valence-electron chi connectivity index (χ1n) is 5.66. The third-order valence-electron chi connectivity index (χ3n) is 2.98. The summed E-state index contributed by atoms with van der Waals surface area (Å²) < 4.78 is 2.99. The molecule has 0 saturated carbocycles. The van der Waals surface area contributed by atoms with Crippen molar-refractivity contribution >= 4 is 32.9 Å². The molecule has 3 nitrogen and oxygen atoms in total. The number of aryl methyl sites for hydroxylation is 1. The minimum Gasteiger partial charge on any atom is -0.369 e. The highest BCUT2D eigenvalue weighted by atomic mass is 79.9. The van der Waals surface area contributed by atoms with E-state index in [1.165, 1.54) is 0 Å². The van der Waals surface area contributed by atoms with Gasteiger partial charge < -0.3 is 5.73 Å². The van der Waals surface area contributed by atoms with Crippen molar-refractivity contribution in [1.82, 2.24) is 9.55 Å². The van der Waals surface area contributed by atoms with Gasteiger partial charge in [0.25, 0.3) is 0 Å². The third kappa shape index (κ3) is 1.69. The Kier molecular flexibility index (Phi) is 2.59. The molecule has 90 valence electrons.